The fourth-order valence-corrected chi connectivity index (χ4v) is 2.50. The molecule has 6 heteroatoms. The molecule has 0 unspecified atom stereocenters. The molecule has 2 aromatic heterocycles. The molecule has 0 fully saturated rings. The second kappa shape index (κ2) is 6.82. The molecule has 0 aliphatic rings. The number of pyridine rings is 1. The van der Waals surface area contributed by atoms with Gasteiger partial charge in [0.2, 0.25) is 5.13 Å². The number of methoxy groups -OCH3 is 1. The van der Waals surface area contributed by atoms with Gasteiger partial charge in [0.25, 0.3) is 0 Å². The van der Waals surface area contributed by atoms with Crippen molar-refractivity contribution in [3.8, 4) is 17.0 Å². The minimum Gasteiger partial charge on any atom is -0.497 e. The Kier molecular flexibility index (Phi) is 4.41. The summed E-state index contributed by atoms with van der Waals surface area (Å²) in [6.45, 7) is 0. The summed E-state index contributed by atoms with van der Waals surface area (Å²) in [5, 5.41) is 6.91. The lowest BCUT2D eigenvalue weighted by Gasteiger charge is -2.00. The Morgan fingerprint density at radius 2 is 1.91 bits per heavy atom. The van der Waals surface area contributed by atoms with Gasteiger partial charge in [-0.1, -0.05) is 0 Å². The maximum absolute atomic E-state index is 5.15. The Hall–Kier alpha value is -2.73. The summed E-state index contributed by atoms with van der Waals surface area (Å²) in [4.78, 5) is 8.47. The van der Waals surface area contributed by atoms with Gasteiger partial charge in [0, 0.05) is 23.3 Å². The predicted octanol–water partition coefficient (Wildman–Crippen LogP) is 3.66. The second-order valence-electron chi connectivity index (χ2n) is 4.42. The summed E-state index contributed by atoms with van der Waals surface area (Å²) < 4.78 is 5.15. The van der Waals surface area contributed by atoms with E-state index in [9.17, 15) is 0 Å². The predicted molar refractivity (Wildman–Crippen MR) is 89.6 cm³/mol. The molecule has 1 N–H and O–H groups in total. The molecule has 22 heavy (non-hydrogen) atoms. The molecule has 3 aromatic rings. The normalized spacial score (nSPS) is 10.8. The number of nitrogens with one attached hydrogen (secondary N) is 1. The lowest BCUT2D eigenvalue weighted by atomic mass is 10.2. The van der Waals surface area contributed by atoms with E-state index in [1.54, 1.807) is 25.7 Å². The Balaban J connectivity index is 1.67. The topological polar surface area (TPSA) is 59.4 Å². The van der Waals surface area contributed by atoms with Gasteiger partial charge in [-0.2, -0.15) is 5.10 Å². The van der Waals surface area contributed by atoms with E-state index >= 15 is 0 Å². The number of rotatable bonds is 5. The van der Waals surface area contributed by atoms with Crippen molar-refractivity contribution in [2.45, 2.75) is 0 Å². The summed E-state index contributed by atoms with van der Waals surface area (Å²) >= 11 is 1.51. The average Bonchev–Trinajstić information content (AvgIpc) is 3.05. The van der Waals surface area contributed by atoms with Gasteiger partial charge in [-0.15, -0.1) is 11.3 Å². The van der Waals surface area contributed by atoms with Crippen molar-refractivity contribution in [1.29, 1.82) is 0 Å². The van der Waals surface area contributed by atoms with Crippen LogP contribution in [0.2, 0.25) is 0 Å². The van der Waals surface area contributed by atoms with Crippen LogP contribution in [-0.4, -0.2) is 23.3 Å². The first-order valence-electron chi connectivity index (χ1n) is 6.64. The Bertz CT molecular complexity index is 753. The van der Waals surface area contributed by atoms with E-state index in [4.69, 9.17) is 4.74 Å². The lowest BCUT2D eigenvalue weighted by molar-refractivity contribution is 0.415. The fourth-order valence-electron chi connectivity index (χ4n) is 1.83. The quantitative estimate of drug-likeness (QED) is 0.577. The number of nitrogens with zero attached hydrogens (tertiary/aromatic N) is 3. The van der Waals surface area contributed by atoms with Gasteiger partial charge in [-0.05, 0) is 42.0 Å². The number of anilines is 1. The van der Waals surface area contributed by atoms with Crippen molar-refractivity contribution in [3.05, 3.63) is 59.7 Å². The van der Waals surface area contributed by atoms with Crippen LogP contribution in [0.3, 0.4) is 0 Å². The SMILES string of the molecule is COc1ccc(-c2csc(N/N=C/c3ccncc3)n2)cc1. The van der Waals surface area contributed by atoms with Crippen LogP contribution in [0, 0.1) is 0 Å². The van der Waals surface area contributed by atoms with Crippen molar-refractivity contribution in [1.82, 2.24) is 9.97 Å². The summed E-state index contributed by atoms with van der Waals surface area (Å²) in [7, 11) is 1.65. The van der Waals surface area contributed by atoms with Gasteiger partial charge < -0.3 is 4.74 Å². The van der Waals surface area contributed by atoms with Gasteiger partial charge in [0.1, 0.15) is 5.75 Å². The highest BCUT2D eigenvalue weighted by molar-refractivity contribution is 7.14. The van der Waals surface area contributed by atoms with Crippen LogP contribution < -0.4 is 10.2 Å². The van der Waals surface area contributed by atoms with E-state index in [-0.39, 0.29) is 0 Å². The molecule has 2 heterocycles. The molecular weight excluding hydrogens is 296 g/mol. The molecule has 0 saturated carbocycles. The summed E-state index contributed by atoms with van der Waals surface area (Å²) in [6.07, 6.45) is 5.19. The number of hydrogen-bond donors (Lipinski definition) is 1. The molecule has 0 radical (unpaired) electrons. The van der Waals surface area contributed by atoms with Crippen LogP contribution in [0.4, 0.5) is 5.13 Å². The third-order valence-electron chi connectivity index (χ3n) is 2.97. The minimum absolute atomic E-state index is 0.746. The molecule has 110 valence electrons. The molecule has 5 nitrogen and oxygen atoms in total. The van der Waals surface area contributed by atoms with Crippen molar-refractivity contribution < 1.29 is 4.74 Å². The number of benzene rings is 1. The molecule has 0 aliphatic heterocycles. The first-order valence-corrected chi connectivity index (χ1v) is 7.52. The number of aromatic nitrogens is 2. The van der Waals surface area contributed by atoms with Crippen LogP contribution in [0.15, 0.2) is 59.3 Å². The Labute approximate surface area is 132 Å². The maximum atomic E-state index is 5.15. The smallest absolute Gasteiger partial charge is 0.203 e. The zero-order valence-corrected chi connectivity index (χ0v) is 12.7. The van der Waals surface area contributed by atoms with Gasteiger partial charge >= 0.3 is 0 Å². The van der Waals surface area contributed by atoms with Crippen LogP contribution in [-0.2, 0) is 0 Å². The number of ether oxygens (including phenoxy) is 1. The maximum Gasteiger partial charge on any atom is 0.203 e. The summed E-state index contributed by atoms with van der Waals surface area (Å²) in [5.74, 6) is 0.833. The van der Waals surface area contributed by atoms with Crippen molar-refractivity contribution in [3.63, 3.8) is 0 Å². The third kappa shape index (κ3) is 3.48. The standard InChI is InChI=1S/C16H14N4OS/c1-21-14-4-2-13(3-5-14)15-11-22-16(19-15)20-18-10-12-6-8-17-9-7-12/h2-11H,1H3,(H,19,20)/b18-10+. The monoisotopic (exact) mass is 310 g/mol. The first kappa shape index (κ1) is 14.2. The highest BCUT2D eigenvalue weighted by Crippen LogP contribution is 2.26. The molecule has 0 atom stereocenters. The third-order valence-corrected chi connectivity index (χ3v) is 3.72. The Morgan fingerprint density at radius 1 is 1.14 bits per heavy atom. The van der Waals surface area contributed by atoms with E-state index in [0.717, 1.165) is 27.7 Å². The number of hydrogen-bond acceptors (Lipinski definition) is 6. The van der Waals surface area contributed by atoms with Crippen LogP contribution in [0.5, 0.6) is 5.75 Å². The van der Waals surface area contributed by atoms with Crippen molar-refractivity contribution >= 4 is 22.7 Å². The van der Waals surface area contributed by atoms with Crippen LogP contribution >= 0.6 is 11.3 Å². The molecule has 3 rings (SSSR count). The first-order chi connectivity index (χ1) is 10.8. The largest absolute Gasteiger partial charge is 0.497 e. The minimum atomic E-state index is 0.746. The number of hydrazone groups is 1. The molecule has 0 saturated heterocycles. The van der Waals surface area contributed by atoms with Gasteiger partial charge in [-0.3, -0.25) is 10.4 Å². The summed E-state index contributed by atoms with van der Waals surface area (Å²) in [5.41, 5.74) is 5.87. The Morgan fingerprint density at radius 3 is 2.64 bits per heavy atom. The number of thiazole rings is 1. The average molecular weight is 310 g/mol. The zero-order chi connectivity index (χ0) is 15.2. The lowest BCUT2D eigenvalue weighted by Crippen LogP contribution is -1.90. The fraction of sp³-hybridized carbons (Fsp3) is 0.0625. The molecule has 1 aromatic carbocycles. The summed E-state index contributed by atoms with van der Waals surface area (Å²) in [6, 6.07) is 11.6. The van der Waals surface area contributed by atoms with E-state index in [2.05, 4.69) is 20.5 Å². The highest BCUT2D eigenvalue weighted by atomic mass is 32.1. The van der Waals surface area contributed by atoms with E-state index in [0.29, 0.717) is 0 Å². The molecule has 0 spiro atoms. The van der Waals surface area contributed by atoms with Crippen molar-refractivity contribution in [2.75, 3.05) is 12.5 Å². The van der Waals surface area contributed by atoms with Crippen molar-refractivity contribution in [2.24, 2.45) is 5.10 Å². The second-order valence-corrected chi connectivity index (χ2v) is 5.28. The molecule has 0 amide bonds. The zero-order valence-electron chi connectivity index (χ0n) is 11.9. The molecule has 0 bridgehead atoms. The molecule has 0 aliphatic carbocycles. The van der Waals surface area contributed by atoms with Crippen LogP contribution in [0.25, 0.3) is 11.3 Å². The van der Waals surface area contributed by atoms with Gasteiger partial charge in [0.15, 0.2) is 0 Å². The van der Waals surface area contributed by atoms with Crippen LogP contribution in [0.1, 0.15) is 5.56 Å². The van der Waals surface area contributed by atoms with E-state index in [1.165, 1.54) is 11.3 Å². The van der Waals surface area contributed by atoms with E-state index < -0.39 is 0 Å². The highest BCUT2D eigenvalue weighted by Gasteiger charge is 2.04. The van der Waals surface area contributed by atoms with Gasteiger partial charge in [0.05, 0.1) is 19.0 Å². The van der Waals surface area contributed by atoms with Gasteiger partial charge in [-0.25, -0.2) is 4.98 Å². The molecular formula is C16H14N4OS. The van der Waals surface area contributed by atoms with E-state index in [1.807, 2.05) is 41.8 Å².